The van der Waals surface area contributed by atoms with Crippen LogP contribution < -0.4 is 30.6 Å². The molecule has 0 aromatic heterocycles. The molecule has 15 nitrogen and oxygen atoms in total. The Balaban J connectivity index is -0.0000000682. The van der Waals surface area contributed by atoms with Crippen molar-refractivity contribution in [2.75, 3.05) is 0 Å². The number of aliphatic carboxylic acids is 6. The van der Waals surface area contributed by atoms with Crippen LogP contribution in [0, 0.1) is 0 Å². The Morgan fingerprint density at radius 2 is 0.324 bits per heavy atom. The van der Waals surface area contributed by atoms with E-state index >= 15 is 0 Å². The van der Waals surface area contributed by atoms with Crippen LogP contribution in [0.4, 0.5) is 0 Å². The molecule has 0 saturated heterocycles. The maximum Gasteiger partial charge on any atom is 3.00 e. The molecule has 1 aromatic carbocycles. The fraction of sp³-hybridized carbons (Fsp3) is 0.737. The number of hydrogen-bond donors (Lipinski definition) is 0. The van der Waals surface area contributed by atoms with E-state index in [9.17, 15) is 59.4 Å². The van der Waals surface area contributed by atoms with Crippen molar-refractivity contribution in [3.8, 4) is 0 Å². The van der Waals surface area contributed by atoms with Crippen LogP contribution in [0.1, 0.15) is 273 Å². The largest absolute Gasteiger partial charge is 3.00 e. The Morgan fingerprint density at radius 3 is 0.405 bits per heavy atom. The molecule has 0 N–H and O–H groups in total. The molecule has 74 heavy (non-hydrogen) atoms. The number of carboxylic acid groups (broad SMARTS) is 6. The second-order valence-electron chi connectivity index (χ2n) is 16.4. The second kappa shape index (κ2) is 102. The third-order valence-corrected chi connectivity index (χ3v) is 9.57. The van der Waals surface area contributed by atoms with Gasteiger partial charge in [-0.1, -0.05) is 232 Å². The van der Waals surface area contributed by atoms with Crippen LogP contribution in [0.2, 0.25) is 0 Å². The molecule has 0 amide bonds. The summed E-state index contributed by atoms with van der Waals surface area (Å²) in [6, 6.07) is 12.0. The van der Waals surface area contributed by atoms with Crippen LogP contribution in [0.3, 0.4) is 0 Å². The van der Waals surface area contributed by atoms with Crippen molar-refractivity contribution in [3.05, 3.63) is 36.4 Å². The zero-order valence-electron chi connectivity index (χ0n) is 47.0. The van der Waals surface area contributed by atoms with Crippen LogP contribution in [0.5, 0.6) is 0 Å². The van der Waals surface area contributed by atoms with Crippen molar-refractivity contribution >= 4 is 56.2 Å². The van der Waals surface area contributed by atoms with E-state index in [4.69, 9.17) is 14.4 Å². The predicted molar refractivity (Wildman–Crippen MR) is 278 cm³/mol. The zero-order valence-corrected chi connectivity index (χ0v) is 49.5. The summed E-state index contributed by atoms with van der Waals surface area (Å²) in [4.78, 5) is 83.5. The Morgan fingerprint density at radius 1 is 0.230 bits per heavy atom. The molecule has 0 atom stereocenters. The molecule has 432 valence electrons. The van der Waals surface area contributed by atoms with E-state index < -0.39 is 35.8 Å². The van der Waals surface area contributed by atoms with E-state index in [1.54, 1.807) is 0 Å². The molecule has 0 aliphatic rings. The van der Waals surface area contributed by atoms with Crippen LogP contribution in [-0.4, -0.2) is 56.2 Å². The van der Waals surface area contributed by atoms with E-state index in [0.29, 0.717) is 0 Å². The Hall–Kier alpha value is -3.89. The Labute approximate surface area is 471 Å². The molecule has 1 aromatic rings. The summed E-state index contributed by atoms with van der Waals surface area (Å²) < 4.78 is 0. The Bertz CT molecular complexity index is 979. The molecule has 17 heteroatoms. The van der Waals surface area contributed by atoms with Crippen LogP contribution >= 0.6 is 0 Å². The molecule has 0 fully saturated rings. The number of benzene rings is 1. The first-order valence-corrected chi connectivity index (χ1v) is 26.7. The monoisotopic (exact) mass is 1130 g/mol. The zero-order chi connectivity index (χ0) is 57.2. The van der Waals surface area contributed by atoms with Crippen LogP contribution in [-0.2, 0) is 77.9 Å². The summed E-state index contributed by atoms with van der Waals surface area (Å²) in [5, 5.41) is 59.5. The molecular weight excluding hydrogens is 1030 g/mol. The number of hydrogen-bond acceptors (Lipinski definition) is 15. The minimum atomic E-state index is -0.920. The molecule has 0 aliphatic carbocycles. The average molecular weight is 1130 g/mol. The molecule has 1 rings (SSSR count). The number of unbranched alkanes of at least 4 members (excludes halogenated alkanes) is 24. The molecule has 0 heterocycles. The van der Waals surface area contributed by atoms with E-state index in [-0.39, 0.29) is 73.2 Å². The molecule has 0 aliphatic heterocycles. The summed E-state index contributed by atoms with van der Waals surface area (Å²) in [5.41, 5.74) is 0. The quantitative estimate of drug-likeness (QED) is 0.0581. The molecular formula is C57H102Cr2O15. The van der Waals surface area contributed by atoms with Crippen molar-refractivity contribution in [2.45, 2.75) is 273 Å². The summed E-state index contributed by atoms with van der Waals surface area (Å²) >= 11 is 0. The average Bonchev–Trinajstić information content (AvgIpc) is 3.37. The van der Waals surface area contributed by atoms with E-state index in [1.807, 2.05) is 56.8 Å². The second-order valence-corrected chi connectivity index (χ2v) is 16.4. The first kappa shape index (κ1) is 95.8. The summed E-state index contributed by atoms with van der Waals surface area (Å²) in [6.07, 6.45) is 33.6. The third kappa shape index (κ3) is 158. The summed E-state index contributed by atoms with van der Waals surface area (Å²) in [7, 11) is 0. The van der Waals surface area contributed by atoms with Gasteiger partial charge in [0.15, 0.2) is 0 Å². The van der Waals surface area contributed by atoms with Gasteiger partial charge in [0.25, 0.3) is 0 Å². The fourth-order valence-electron chi connectivity index (χ4n) is 5.62. The fourth-order valence-corrected chi connectivity index (χ4v) is 5.62. The van der Waals surface area contributed by atoms with Gasteiger partial charge in [-0.3, -0.25) is 0 Å². The number of carbonyl (C=O) groups excluding carboxylic acids is 9. The summed E-state index contributed by atoms with van der Waals surface area (Å²) in [5.74, 6) is -5.52. The van der Waals surface area contributed by atoms with Gasteiger partial charge in [0, 0.05) is 35.8 Å². The van der Waals surface area contributed by atoms with Gasteiger partial charge in [-0.05, 0) is 77.0 Å². The van der Waals surface area contributed by atoms with Gasteiger partial charge in [-0.2, -0.15) is 0 Å². The van der Waals surface area contributed by atoms with E-state index in [0.717, 1.165) is 116 Å². The number of carbonyl (C=O) groups is 9. The molecule has 0 bridgehead atoms. The minimum Gasteiger partial charge on any atom is -0.550 e. The molecule has 0 spiro atoms. The maximum absolute atomic E-state index is 9.92. The van der Waals surface area contributed by atoms with Gasteiger partial charge < -0.3 is 73.8 Å². The van der Waals surface area contributed by atoms with Crippen LogP contribution in [0.25, 0.3) is 0 Å². The molecule has 0 unspecified atom stereocenters. The molecule has 0 saturated carbocycles. The summed E-state index contributed by atoms with van der Waals surface area (Å²) in [6.45, 7) is 18.8. The maximum atomic E-state index is 9.92. The van der Waals surface area contributed by atoms with Crippen molar-refractivity contribution in [2.24, 2.45) is 0 Å². The minimum absolute atomic E-state index is 0. The first-order valence-electron chi connectivity index (χ1n) is 26.7. The van der Waals surface area contributed by atoms with Gasteiger partial charge in [0.2, 0.25) is 0 Å². The van der Waals surface area contributed by atoms with Gasteiger partial charge in [-0.15, -0.1) is 0 Å². The van der Waals surface area contributed by atoms with Gasteiger partial charge >= 0.3 is 34.7 Å². The Kier molecular flexibility index (Phi) is 132. The van der Waals surface area contributed by atoms with Gasteiger partial charge in [0.05, 0.1) is 0 Å². The van der Waals surface area contributed by atoms with Crippen molar-refractivity contribution in [1.82, 2.24) is 0 Å². The van der Waals surface area contributed by atoms with Crippen molar-refractivity contribution in [3.63, 3.8) is 0 Å². The van der Waals surface area contributed by atoms with E-state index in [1.165, 1.54) is 77.0 Å². The SMILES string of the molecule is C=O.C=O.C=O.CCCCCCCC(=O)[O-].CCCCCCCC(=O)[O-].CCCCCCCC(=O)[O-].CCCCCCCC(=O)[O-].CCCCCCCC(=O)[O-].CCCCCCCC(=O)[O-].[Cr+3].[Cr+3].c1ccccc1. The molecule has 2 radical (unpaired) electrons. The van der Waals surface area contributed by atoms with E-state index in [2.05, 4.69) is 41.5 Å². The third-order valence-electron chi connectivity index (χ3n) is 9.57. The van der Waals surface area contributed by atoms with Gasteiger partial charge in [-0.25, -0.2) is 0 Å². The topological polar surface area (TPSA) is 292 Å². The van der Waals surface area contributed by atoms with Crippen LogP contribution in [0.15, 0.2) is 36.4 Å². The van der Waals surface area contributed by atoms with Crippen molar-refractivity contribution in [1.29, 1.82) is 0 Å². The normalized spacial score (nSPS) is 8.68. The standard InChI is InChI=1S/6C8H16O2.C6H6.3CH2O.2Cr/c6*1-2-3-4-5-6-7-8(9)10;1-2-4-6-5-3-1;3*1-2;;/h6*2-7H2,1H3,(H,9,10);1-6H;3*1H2;;/q;;;;;;;;;;2*+3/p-6. The predicted octanol–water partition coefficient (Wildman–Crippen LogP) is 7.71. The number of carboxylic acids is 6. The van der Waals surface area contributed by atoms with Gasteiger partial charge in [0.1, 0.15) is 20.4 Å². The van der Waals surface area contributed by atoms with Crippen molar-refractivity contribution < 1.29 is 109 Å². The smallest absolute Gasteiger partial charge is 0.550 e. The first-order chi connectivity index (χ1) is 34.6. The number of rotatable bonds is 36.